The Kier molecular flexibility index (Phi) is 3.60. The molecule has 2 saturated heterocycles. The Bertz CT molecular complexity index is 547. The highest BCUT2D eigenvalue weighted by Crippen LogP contribution is 2.41. The molecule has 20 heavy (non-hydrogen) atoms. The van der Waals surface area contributed by atoms with Crippen molar-refractivity contribution in [3.05, 3.63) is 21.3 Å². The molecule has 0 spiro atoms. The molecule has 2 fully saturated rings. The summed E-state index contributed by atoms with van der Waals surface area (Å²) in [7, 11) is 0. The quantitative estimate of drug-likeness (QED) is 0.901. The molecular formula is C13H15ClN2O3S. The van der Waals surface area contributed by atoms with Gasteiger partial charge in [-0.15, -0.1) is 11.3 Å². The Morgan fingerprint density at radius 2 is 2.25 bits per heavy atom. The minimum absolute atomic E-state index is 0.0769. The van der Waals surface area contributed by atoms with Crippen molar-refractivity contribution in [2.24, 2.45) is 5.92 Å². The van der Waals surface area contributed by atoms with Crippen molar-refractivity contribution in [1.82, 2.24) is 10.2 Å². The molecule has 2 aliphatic rings. The fourth-order valence-electron chi connectivity index (χ4n) is 3.27. The number of aliphatic carboxylic acids is 1. The smallest absolute Gasteiger partial charge is 0.318 e. The summed E-state index contributed by atoms with van der Waals surface area (Å²) in [6.45, 7) is 0.434. The summed E-state index contributed by atoms with van der Waals surface area (Å²) < 4.78 is 0.696. The van der Waals surface area contributed by atoms with Crippen molar-refractivity contribution >= 4 is 34.9 Å². The molecule has 3 heterocycles. The molecule has 7 heteroatoms. The van der Waals surface area contributed by atoms with Crippen molar-refractivity contribution in [2.45, 2.75) is 37.9 Å². The standard InChI is InChI=1S/C13H15ClN2O3S/c14-11-4-2-8(20-11)6-15-13(19)16-7-1-3-10(16)9(5-7)12(17)18/h2,4,7,9-10H,1,3,5-6H2,(H,15,19)(H,17,18). The number of carbonyl (C=O) groups is 2. The normalized spacial score (nSPS) is 27.9. The van der Waals surface area contributed by atoms with Gasteiger partial charge in [0.15, 0.2) is 0 Å². The number of hydrogen-bond donors (Lipinski definition) is 2. The average molecular weight is 315 g/mol. The third-order valence-electron chi connectivity index (χ3n) is 4.13. The van der Waals surface area contributed by atoms with Gasteiger partial charge < -0.3 is 15.3 Å². The van der Waals surface area contributed by atoms with Gasteiger partial charge in [0.05, 0.1) is 16.8 Å². The Hall–Kier alpha value is -1.27. The number of thiophene rings is 1. The van der Waals surface area contributed by atoms with Gasteiger partial charge in [-0.25, -0.2) is 4.79 Å². The number of halogens is 1. The Labute approximate surface area is 125 Å². The molecule has 108 valence electrons. The summed E-state index contributed by atoms with van der Waals surface area (Å²) in [6, 6.07) is 3.45. The van der Waals surface area contributed by atoms with Gasteiger partial charge in [-0.3, -0.25) is 4.79 Å². The van der Waals surface area contributed by atoms with E-state index >= 15 is 0 Å². The van der Waals surface area contributed by atoms with E-state index in [0.717, 1.165) is 17.7 Å². The van der Waals surface area contributed by atoms with Crippen LogP contribution in [0.1, 0.15) is 24.1 Å². The van der Waals surface area contributed by atoms with Crippen LogP contribution in [0.5, 0.6) is 0 Å². The highest BCUT2D eigenvalue weighted by Gasteiger charge is 2.51. The van der Waals surface area contributed by atoms with E-state index in [1.807, 2.05) is 6.07 Å². The number of urea groups is 1. The van der Waals surface area contributed by atoms with Crippen LogP contribution in [0.25, 0.3) is 0 Å². The topological polar surface area (TPSA) is 69.6 Å². The number of nitrogens with one attached hydrogen (secondary N) is 1. The molecule has 3 atom stereocenters. The molecule has 5 nitrogen and oxygen atoms in total. The van der Waals surface area contributed by atoms with E-state index in [9.17, 15) is 14.7 Å². The molecule has 0 aliphatic carbocycles. The zero-order chi connectivity index (χ0) is 14.3. The SMILES string of the molecule is O=C(O)C1CC2CCC1N2C(=O)NCc1ccc(Cl)s1. The first-order valence-corrected chi connectivity index (χ1v) is 7.79. The molecule has 3 rings (SSSR count). The zero-order valence-electron chi connectivity index (χ0n) is 10.7. The second-order valence-electron chi connectivity index (χ2n) is 5.25. The predicted octanol–water partition coefficient (Wildman–Crippen LogP) is 2.55. The van der Waals surface area contributed by atoms with Crippen molar-refractivity contribution in [3.8, 4) is 0 Å². The van der Waals surface area contributed by atoms with Gasteiger partial charge in [-0.1, -0.05) is 11.6 Å². The monoisotopic (exact) mass is 314 g/mol. The van der Waals surface area contributed by atoms with Gasteiger partial charge in [0.2, 0.25) is 0 Å². The third-order valence-corrected chi connectivity index (χ3v) is 5.36. The lowest BCUT2D eigenvalue weighted by Gasteiger charge is -2.23. The Morgan fingerprint density at radius 3 is 2.85 bits per heavy atom. The van der Waals surface area contributed by atoms with Crippen LogP contribution in [0.4, 0.5) is 4.79 Å². The van der Waals surface area contributed by atoms with Gasteiger partial charge in [0.25, 0.3) is 0 Å². The average Bonchev–Trinajstić information content (AvgIpc) is 3.09. The molecule has 1 aromatic heterocycles. The second-order valence-corrected chi connectivity index (χ2v) is 7.05. The highest BCUT2D eigenvalue weighted by molar-refractivity contribution is 7.16. The zero-order valence-corrected chi connectivity index (χ0v) is 12.3. The lowest BCUT2D eigenvalue weighted by atomic mass is 9.89. The van der Waals surface area contributed by atoms with E-state index < -0.39 is 11.9 Å². The van der Waals surface area contributed by atoms with Gasteiger partial charge >= 0.3 is 12.0 Å². The first-order chi connectivity index (χ1) is 9.56. The summed E-state index contributed by atoms with van der Waals surface area (Å²) in [5, 5.41) is 12.0. The summed E-state index contributed by atoms with van der Waals surface area (Å²) >= 11 is 7.28. The summed E-state index contributed by atoms with van der Waals surface area (Å²) in [4.78, 5) is 26.1. The largest absolute Gasteiger partial charge is 0.481 e. The van der Waals surface area contributed by atoms with E-state index in [0.29, 0.717) is 17.3 Å². The van der Waals surface area contributed by atoms with E-state index in [1.165, 1.54) is 11.3 Å². The van der Waals surface area contributed by atoms with Crippen molar-refractivity contribution in [3.63, 3.8) is 0 Å². The van der Waals surface area contributed by atoms with Crippen molar-refractivity contribution < 1.29 is 14.7 Å². The van der Waals surface area contributed by atoms with Gasteiger partial charge in [-0.2, -0.15) is 0 Å². The number of carboxylic acids is 1. The number of rotatable bonds is 3. The Balaban J connectivity index is 1.62. The van der Waals surface area contributed by atoms with Crippen LogP contribution in [0.2, 0.25) is 4.34 Å². The minimum Gasteiger partial charge on any atom is -0.481 e. The number of carbonyl (C=O) groups excluding carboxylic acids is 1. The molecule has 3 unspecified atom stereocenters. The number of amides is 2. The first kappa shape index (κ1) is 13.7. The first-order valence-electron chi connectivity index (χ1n) is 6.59. The number of hydrogen-bond acceptors (Lipinski definition) is 3. The van der Waals surface area contributed by atoms with Crippen LogP contribution >= 0.6 is 22.9 Å². The van der Waals surface area contributed by atoms with Gasteiger partial charge in [0, 0.05) is 17.0 Å². The number of carboxylic acid groups (broad SMARTS) is 1. The lowest BCUT2D eigenvalue weighted by molar-refractivity contribution is -0.142. The summed E-state index contributed by atoms with van der Waals surface area (Å²) in [6.07, 6.45) is 2.28. The molecule has 2 amide bonds. The fourth-order valence-corrected chi connectivity index (χ4v) is 4.30. The molecule has 2 aliphatic heterocycles. The molecule has 2 bridgehead atoms. The van der Waals surface area contributed by atoms with Crippen LogP contribution in [-0.4, -0.2) is 34.1 Å². The van der Waals surface area contributed by atoms with Crippen molar-refractivity contribution in [1.29, 1.82) is 0 Å². The predicted molar refractivity (Wildman–Crippen MR) is 76.0 cm³/mol. The van der Waals surface area contributed by atoms with Crippen LogP contribution < -0.4 is 5.32 Å². The maximum Gasteiger partial charge on any atom is 0.318 e. The Morgan fingerprint density at radius 1 is 1.45 bits per heavy atom. The van der Waals surface area contributed by atoms with Gasteiger partial charge in [0.1, 0.15) is 0 Å². The third kappa shape index (κ3) is 2.38. The van der Waals surface area contributed by atoms with E-state index in [-0.39, 0.29) is 18.1 Å². The van der Waals surface area contributed by atoms with E-state index in [4.69, 9.17) is 11.6 Å². The van der Waals surface area contributed by atoms with E-state index in [1.54, 1.807) is 11.0 Å². The van der Waals surface area contributed by atoms with Crippen LogP contribution in [0, 0.1) is 5.92 Å². The van der Waals surface area contributed by atoms with Crippen LogP contribution in [-0.2, 0) is 11.3 Å². The maximum absolute atomic E-state index is 12.2. The molecule has 0 aromatic carbocycles. The number of nitrogens with zero attached hydrogens (tertiary/aromatic N) is 1. The summed E-state index contributed by atoms with van der Waals surface area (Å²) in [5.41, 5.74) is 0. The molecule has 0 saturated carbocycles. The van der Waals surface area contributed by atoms with Crippen LogP contribution in [0.15, 0.2) is 12.1 Å². The molecule has 0 radical (unpaired) electrons. The van der Waals surface area contributed by atoms with Crippen LogP contribution in [0.3, 0.4) is 0 Å². The highest BCUT2D eigenvalue weighted by atomic mass is 35.5. The van der Waals surface area contributed by atoms with E-state index in [2.05, 4.69) is 5.32 Å². The molecule has 1 aromatic rings. The second kappa shape index (κ2) is 5.26. The minimum atomic E-state index is -0.792. The molecular weight excluding hydrogens is 300 g/mol. The van der Waals surface area contributed by atoms with Crippen molar-refractivity contribution in [2.75, 3.05) is 0 Å². The maximum atomic E-state index is 12.2. The van der Waals surface area contributed by atoms with Gasteiger partial charge in [-0.05, 0) is 31.4 Å². The fraction of sp³-hybridized carbons (Fsp3) is 0.538. The molecule has 2 N–H and O–H groups in total. The summed E-state index contributed by atoms with van der Waals surface area (Å²) in [5.74, 6) is -1.20. The lowest BCUT2D eigenvalue weighted by Crippen LogP contribution is -2.43. The number of fused-ring (bicyclic) bond motifs is 2.